The zero-order chi connectivity index (χ0) is 14.8. The van der Waals surface area contributed by atoms with Crippen molar-refractivity contribution in [3.8, 4) is 0 Å². The van der Waals surface area contributed by atoms with Gasteiger partial charge in [-0.2, -0.15) is 0 Å². The Bertz CT molecular complexity index is 399. The molecule has 1 aromatic carbocycles. The molecule has 0 bridgehead atoms. The van der Waals surface area contributed by atoms with Gasteiger partial charge in [0.15, 0.2) is 0 Å². The zero-order valence-corrected chi connectivity index (χ0v) is 12.2. The maximum Gasteiger partial charge on any atom is 0.306 e. The van der Waals surface area contributed by atoms with Crippen LogP contribution in [-0.4, -0.2) is 11.9 Å². The molecule has 1 aromatic rings. The van der Waals surface area contributed by atoms with Gasteiger partial charge in [0, 0.05) is 12.8 Å². The largest absolute Gasteiger partial charge is 0.461 e. The highest BCUT2D eigenvalue weighted by Gasteiger charge is 2.08. The van der Waals surface area contributed by atoms with E-state index in [1.807, 2.05) is 38.1 Å². The third-order valence-electron chi connectivity index (χ3n) is 2.80. The van der Waals surface area contributed by atoms with Crippen LogP contribution in [0.4, 0.5) is 0 Å². The molecule has 0 unspecified atom stereocenters. The monoisotopic (exact) mass is 278 g/mol. The topological polar surface area (TPSA) is 52.6 Å². The molecule has 0 saturated heterocycles. The van der Waals surface area contributed by atoms with E-state index < -0.39 is 0 Å². The van der Waals surface area contributed by atoms with Crippen molar-refractivity contribution in [1.82, 2.24) is 0 Å². The lowest BCUT2D eigenvalue weighted by Crippen LogP contribution is -2.08. The van der Waals surface area contributed by atoms with E-state index in [0.29, 0.717) is 12.8 Å². The molecular weight excluding hydrogens is 256 g/mol. The van der Waals surface area contributed by atoms with Gasteiger partial charge >= 0.3 is 11.9 Å². The fourth-order valence-electron chi connectivity index (χ4n) is 1.71. The molecule has 0 aromatic heterocycles. The minimum Gasteiger partial charge on any atom is -0.461 e. The summed E-state index contributed by atoms with van der Waals surface area (Å²) in [5.41, 5.74) is 1.75. The third-order valence-corrected chi connectivity index (χ3v) is 2.80. The molecule has 0 saturated carbocycles. The SMILES string of the molecule is CCCC(=O)OCc1ccccc1COC(=O)CCC. The summed E-state index contributed by atoms with van der Waals surface area (Å²) < 4.78 is 10.4. The second-order valence-corrected chi connectivity index (χ2v) is 4.59. The third kappa shape index (κ3) is 5.87. The fraction of sp³-hybridized carbons (Fsp3) is 0.500. The number of carbonyl (C=O) groups is 2. The Morgan fingerprint density at radius 2 is 1.25 bits per heavy atom. The molecule has 20 heavy (non-hydrogen) atoms. The van der Waals surface area contributed by atoms with Crippen LogP contribution in [0.3, 0.4) is 0 Å². The highest BCUT2D eigenvalue weighted by molar-refractivity contribution is 5.69. The molecule has 0 aliphatic carbocycles. The molecule has 0 amide bonds. The van der Waals surface area contributed by atoms with E-state index >= 15 is 0 Å². The number of benzene rings is 1. The highest BCUT2D eigenvalue weighted by Crippen LogP contribution is 2.12. The Kier molecular flexibility index (Phi) is 7.40. The van der Waals surface area contributed by atoms with Gasteiger partial charge in [0.1, 0.15) is 13.2 Å². The first kappa shape index (κ1) is 16.2. The molecule has 0 fully saturated rings. The van der Waals surface area contributed by atoms with Gasteiger partial charge < -0.3 is 9.47 Å². The molecule has 4 heteroatoms. The summed E-state index contributed by atoms with van der Waals surface area (Å²) in [4.78, 5) is 22.7. The van der Waals surface area contributed by atoms with Crippen molar-refractivity contribution in [2.24, 2.45) is 0 Å². The molecule has 1 rings (SSSR count). The van der Waals surface area contributed by atoms with E-state index in [-0.39, 0.29) is 25.2 Å². The lowest BCUT2D eigenvalue weighted by Gasteiger charge is -2.10. The zero-order valence-electron chi connectivity index (χ0n) is 12.2. The van der Waals surface area contributed by atoms with Gasteiger partial charge in [-0.15, -0.1) is 0 Å². The predicted octanol–water partition coefficient (Wildman–Crippen LogP) is 3.37. The molecule has 0 spiro atoms. The van der Waals surface area contributed by atoms with Crippen LogP contribution in [0.25, 0.3) is 0 Å². The first-order valence-corrected chi connectivity index (χ1v) is 7.05. The molecule has 0 aliphatic rings. The van der Waals surface area contributed by atoms with Gasteiger partial charge in [0.2, 0.25) is 0 Å². The molecule has 0 radical (unpaired) electrons. The Morgan fingerprint density at radius 1 is 0.850 bits per heavy atom. The molecule has 0 N–H and O–H groups in total. The van der Waals surface area contributed by atoms with Crippen LogP contribution < -0.4 is 0 Å². The standard InChI is InChI=1S/C16H22O4/c1-3-7-15(17)19-11-13-9-5-6-10-14(13)12-20-16(18)8-4-2/h5-6,9-10H,3-4,7-8,11-12H2,1-2H3. The maximum absolute atomic E-state index is 11.4. The van der Waals surface area contributed by atoms with E-state index in [9.17, 15) is 9.59 Å². The van der Waals surface area contributed by atoms with E-state index in [4.69, 9.17) is 9.47 Å². The number of rotatable bonds is 8. The predicted molar refractivity (Wildman–Crippen MR) is 75.9 cm³/mol. The lowest BCUT2D eigenvalue weighted by molar-refractivity contribution is -0.146. The van der Waals surface area contributed by atoms with Gasteiger partial charge in [-0.1, -0.05) is 38.1 Å². The summed E-state index contributed by atoms with van der Waals surface area (Å²) in [6.45, 7) is 4.31. The van der Waals surface area contributed by atoms with Crippen molar-refractivity contribution in [3.63, 3.8) is 0 Å². The normalized spacial score (nSPS) is 10.1. The van der Waals surface area contributed by atoms with Gasteiger partial charge in [-0.25, -0.2) is 0 Å². The average molecular weight is 278 g/mol. The van der Waals surface area contributed by atoms with Crippen molar-refractivity contribution >= 4 is 11.9 Å². The lowest BCUT2D eigenvalue weighted by atomic mass is 10.1. The van der Waals surface area contributed by atoms with Crippen molar-refractivity contribution < 1.29 is 19.1 Å². The van der Waals surface area contributed by atoms with E-state index in [1.165, 1.54) is 0 Å². The Hall–Kier alpha value is -1.84. The number of esters is 2. The van der Waals surface area contributed by atoms with Gasteiger partial charge in [0.05, 0.1) is 0 Å². The highest BCUT2D eigenvalue weighted by atomic mass is 16.5. The van der Waals surface area contributed by atoms with E-state index in [2.05, 4.69) is 0 Å². The van der Waals surface area contributed by atoms with Gasteiger partial charge in [-0.05, 0) is 24.0 Å². The summed E-state index contributed by atoms with van der Waals surface area (Å²) >= 11 is 0. The van der Waals surface area contributed by atoms with Crippen LogP contribution in [0, 0.1) is 0 Å². The second kappa shape index (κ2) is 9.13. The van der Waals surface area contributed by atoms with Crippen molar-refractivity contribution in [2.45, 2.75) is 52.7 Å². The van der Waals surface area contributed by atoms with Crippen molar-refractivity contribution in [2.75, 3.05) is 0 Å². The number of ether oxygens (including phenoxy) is 2. The Morgan fingerprint density at radius 3 is 1.60 bits per heavy atom. The van der Waals surface area contributed by atoms with E-state index in [0.717, 1.165) is 24.0 Å². The van der Waals surface area contributed by atoms with Crippen molar-refractivity contribution in [3.05, 3.63) is 35.4 Å². The Balaban J connectivity index is 2.54. The van der Waals surface area contributed by atoms with Gasteiger partial charge in [0.25, 0.3) is 0 Å². The van der Waals surface area contributed by atoms with Crippen LogP contribution in [0.1, 0.15) is 50.7 Å². The minimum atomic E-state index is -0.203. The summed E-state index contributed by atoms with van der Waals surface area (Å²) in [7, 11) is 0. The summed E-state index contributed by atoms with van der Waals surface area (Å²) in [6, 6.07) is 7.51. The first-order valence-electron chi connectivity index (χ1n) is 7.05. The Labute approximate surface area is 120 Å². The van der Waals surface area contributed by atoms with Crippen LogP contribution in [0.15, 0.2) is 24.3 Å². The molecule has 4 nitrogen and oxygen atoms in total. The number of hydrogen-bond acceptors (Lipinski definition) is 4. The van der Waals surface area contributed by atoms with Crippen LogP contribution in [0.5, 0.6) is 0 Å². The fourth-order valence-corrected chi connectivity index (χ4v) is 1.71. The van der Waals surface area contributed by atoms with Crippen LogP contribution in [-0.2, 0) is 32.3 Å². The summed E-state index contributed by atoms with van der Waals surface area (Å²) in [5, 5.41) is 0. The van der Waals surface area contributed by atoms with Gasteiger partial charge in [-0.3, -0.25) is 9.59 Å². The number of hydrogen-bond donors (Lipinski definition) is 0. The quantitative estimate of drug-likeness (QED) is 0.684. The molecule has 0 heterocycles. The summed E-state index contributed by atoms with van der Waals surface area (Å²) in [5.74, 6) is -0.407. The second-order valence-electron chi connectivity index (χ2n) is 4.59. The molecule has 0 aliphatic heterocycles. The molecular formula is C16H22O4. The smallest absolute Gasteiger partial charge is 0.306 e. The minimum absolute atomic E-state index is 0.203. The van der Waals surface area contributed by atoms with E-state index in [1.54, 1.807) is 0 Å². The first-order chi connectivity index (χ1) is 9.67. The average Bonchev–Trinajstić information content (AvgIpc) is 2.44. The maximum atomic E-state index is 11.4. The summed E-state index contributed by atoms with van der Waals surface area (Å²) in [6.07, 6.45) is 2.39. The number of carbonyl (C=O) groups excluding carboxylic acids is 2. The van der Waals surface area contributed by atoms with Crippen LogP contribution >= 0.6 is 0 Å². The van der Waals surface area contributed by atoms with Crippen LogP contribution in [0.2, 0.25) is 0 Å². The molecule has 0 atom stereocenters. The molecule has 110 valence electrons. The van der Waals surface area contributed by atoms with Crippen molar-refractivity contribution in [1.29, 1.82) is 0 Å².